The molecule has 3 saturated carbocycles. The maximum absolute atomic E-state index is 12.7. The molecule has 0 amide bonds. The van der Waals surface area contributed by atoms with Gasteiger partial charge in [-0.05, 0) is 85.0 Å². The lowest BCUT2D eigenvalue weighted by molar-refractivity contribution is -0.105. The SMILES string of the molecule is C[C@H]1CC[C@]2(C)[C@@H](CC[C@H]3[C@H]2CC[C@@]2(C)C=C(OS(=O)(=O)C(F)(F)F)C[C@H]32)C1. The molecule has 0 aliphatic heterocycles. The summed E-state index contributed by atoms with van der Waals surface area (Å²) in [4.78, 5) is 0. The van der Waals surface area contributed by atoms with Crippen LogP contribution >= 0.6 is 0 Å². The highest BCUT2D eigenvalue weighted by atomic mass is 32.2. The van der Waals surface area contributed by atoms with Gasteiger partial charge >= 0.3 is 15.6 Å². The Labute approximate surface area is 166 Å². The van der Waals surface area contributed by atoms with Gasteiger partial charge in [-0.3, -0.25) is 0 Å². The van der Waals surface area contributed by atoms with Crippen molar-refractivity contribution in [3.63, 3.8) is 0 Å². The standard InChI is InChI=1S/C21H31F3O3S/c1-13-6-9-20(3)14(10-13)4-5-16-17(20)7-8-19(2)12-15(11-18(16)19)27-28(25,26)21(22,23)24/h12-14,16-18H,4-11H2,1-3H3/t13-,14-,16-,17+,18+,19-,20+/m0/s1. The highest BCUT2D eigenvalue weighted by molar-refractivity contribution is 7.87. The van der Waals surface area contributed by atoms with Crippen molar-refractivity contribution in [2.45, 2.75) is 77.6 Å². The van der Waals surface area contributed by atoms with Crippen LogP contribution in [0.15, 0.2) is 11.8 Å². The quantitative estimate of drug-likeness (QED) is 0.405. The first-order chi connectivity index (χ1) is 12.9. The minimum atomic E-state index is -5.59. The molecule has 3 nitrogen and oxygen atoms in total. The molecular formula is C21H31F3O3S. The Morgan fingerprint density at radius 2 is 1.79 bits per heavy atom. The van der Waals surface area contributed by atoms with Gasteiger partial charge in [-0.2, -0.15) is 21.6 Å². The van der Waals surface area contributed by atoms with E-state index in [1.54, 1.807) is 6.08 Å². The fraction of sp³-hybridized carbons (Fsp3) is 0.905. The van der Waals surface area contributed by atoms with E-state index in [0.29, 0.717) is 23.7 Å². The summed E-state index contributed by atoms with van der Waals surface area (Å²) in [7, 11) is -5.59. The number of fused-ring (bicyclic) bond motifs is 5. The van der Waals surface area contributed by atoms with Crippen molar-refractivity contribution >= 4 is 10.1 Å². The molecule has 0 radical (unpaired) electrons. The molecular weight excluding hydrogens is 389 g/mol. The summed E-state index contributed by atoms with van der Waals surface area (Å²) in [5.74, 6) is 2.74. The van der Waals surface area contributed by atoms with E-state index in [9.17, 15) is 21.6 Å². The highest BCUT2D eigenvalue weighted by Gasteiger charge is 2.58. The van der Waals surface area contributed by atoms with E-state index in [4.69, 9.17) is 0 Å². The lowest BCUT2D eigenvalue weighted by atomic mass is 9.45. The van der Waals surface area contributed by atoms with E-state index >= 15 is 0 Å². The Hall–Kier alpha value is -0.720. The summed E-state index contributed by atoms with van der Waals surface area (Å²) in [6, 6.07) is 0. The molecule has 0 bridgehead atoms. The molecule has 160 valence electrons. The van der Waals surface area contributed by atoms with Crippen LogP contribution in [-0.2, 0) is 14.3 Å². The zero-order chi connectivity index (χ0) is 20.5. The number of alkyl halides is 3. The fourth-order valence-electron chi connectivity index (χ4n) is 7.27. The lowest BCUT2D eigenvalue weighted by Crippen LogP contribution is -2.52. The van der Waals surface area contributed by atoms with Crippen LogP contribution < -0.4 is 0 Å². The molecule has 0 heterocycles. The Morgan fingerprint density at radius 1 is 1.07 bits per heavy atom. The predicted octanol–water partition coefficient (Wildman–Crippen LogP) is 6.03. The average molecular weight is 421 g/mol. The van der Waals surface area contributed by atoms with Crippen LogP contribution in [0.3, 0.4) is 0 Å². The van der Waals surface area contributed by atoms with E-state index in [2.05, 4.69) is 25.0 Å². The molecule has 28 heavy (non-hydrogen) atoms. The minimum absolute atomic E-state index is 0.00461. The van der Waals surface area contributed by atoms with Gasteiger partial charge in [-0.25, -0.2) is 0 Å². The van der Waals surface area contributed by atoms with Crippen molar-refractivity contribution in [3.8, 4) is 0 Å². The molecule has 0 saturated heterocycles. The fourth-order valence-corrected chi connectivity index (χ4v) is 7.77. The van der Waals surface area contributed by atoms with Gasteiger partial charge in [-0.15, -0.1) is 0 Å². The summed E-state index contributed by atoms with van der Waals surface area (Å²) >= 11 is 0. The van der Waals surface area contributed by atoms with E-state index in [0.717, 1.165) is 31.1 Å². The molecule has 7 atom stereocenters. The van der Waals surface area contributed by atoms with Crippen LogP contribution in [0.25, 0.3) is 0 Å². The van der Waals surface area contributed by atoms with Crippen molar-refractivity contribution in [1.29, 1.82) is 0 Å². The van der Waals surface area contributed by atoms with Crippen LogP contribution in [-0.4, -0.2) is 13.9 Å². The van der Waals surface area contributed by atoms with Crippen LogP contribution in [0.1, 0.15) is 72.1 Å². The molecule has 4 aliphatic rings. The Morgan fingerprint density at radius 3 is 2.46 bits per heavy atom. The van der Waals surface area contributed by atoms with Crippen LogP contribution in [0.2, 0.25) is 0 Å². The zero-order valence-corrected chi connectivity index (χ0v) is 17.7. The molecule has 4 aliphatic carbocycles. The molecule has 4 rings (SSSR count). The maximum Gasteiger partial charge on any atom is 0.534 e. The van der Waals surface area contributed by atoms with Crippen LogP contribution in [0, 0.1) is 40.4 Å². The van der Waals surface area contributed by atoms with Crippen LogP contribution in [0.4, 0.5) is 13.2 Å². The second-order valence-corrected chi connectivity index (χ2v) is 11.9. The van der Waals surface area contributed by atoms with Crippen molar-refractivity contribution < 1.29 is 25.8 Å². The number of hydrogen-bond donors (Lipinski definition) is 0. The van der Waals surface area contributed by atoms with Gasteiger partial charge in [0.05, 0.1) is 0 Å². The first-order valence-electron chi connectivity index (χ1n) is 10.6. The topological polar surface area (TPSA) is 43.4 Å². The number of halogens is 3. The normalized spacial score (nSPS) is 46.2. The second kappa shape index (κ2) is 6.39. The third-order valence-corrected chi connectivity index (χ3v) is 9.78. The van der Waals surface area contributed by atoms with E-state index in [1.807, 2.05) is 0 Å². The van der Waals surface area contributed by atoms with Crippen molar-refractivity contribution in [1.82, 2.24) is 0 Å². The van der Waals surface area contributed by atoms with E-state index < -0.39 is 15.6 Å². The molecule has 0 unspecified atom stereocenters. The van der Waals surface area contributed by atoms with Crippen molar-refractivity contribution in [3.05, 3.63) is 11.8 Å². The summed E-state index contributed by atoms with van der Waals surface area (Å²) in [6.07, 6.45) is 10.1. The van der Waals surface area contributed by atoms with Gasteiger partial charge < -0.3 is 4.18 Å². The smallest absolute Gasteiger partial charge is 0.381 e. The van der Waals surface area contributed by atoms with Gasteiger partial charge in [0.2, 0.25) is 0 Å². The molecule has 0 aromatic carbocycles. The summed E-state index contributed by atoms with van der Waals surface area (Å²) in [5.41, 5.74) is -5.32. The van der Waals surface area contributed by atoms with E-state index in [1.165, 1.54) is 25.7 Å². The van der Waals surface area contributed by atoms with Gasteiger partial charge in [0, 0.05) is 6.42 Å². The monoisotopic (exact) mass is 420 g/mol. The minimum Gasteiger partial charge on any atom is -0.381 e. The summed E-state index contributed by atoms with van der Waals surface area (Å²) in [6.45, 7) is 6.86. The molecule has 0 aromatic rings. The number of allylic oxidation sites excluding steroid dienone is 2. The Kier molecular flexibility index (Phi) is 4.69. The molecule has 3 fully saturated rings. The molecule has 0 spiro atoms. The predicted molar refractivity (Wildman–Crippen MR) is 100 cm³/mol. The first kappa shape index (κ1) is 20.5. The largest absolute Gasteiger partial charge is 0.534 e. The lowest BCUT2D eigenvalue weighted by Gasteiger charge is -2.60. The third-order valence-electron chi connectivity index (χ3n) is 8.78. The van der Waals surface area contributed by atoms with E-state index in [-0.39, 0.29) is 17.1 Å². The first-order valence-corrected chi connectivity index (χ1v) is 12.0. The van der Waals surface area contributed by atoms with Crippen molar-refractivity contribution in [2.75, 3.05) is 0 Å². The number of rotatable bonds is 2. The van der Waals surface area contributed by atoms with Gasteiger partial charge in [0.25, 0.3) is 0 Å². The zero-order valence-electron chi connectivity index (χ0n) is 16.9. The highest BCUT2D eigenvalue weighted by Crippen LogP contribution is 2.66. The Bertz CT molecular complexity index is 774. The summed E-state index contributed by atoms with van der Waals surface area (Å²) < 4.78 is 65.8. The van der Waals surface area contributed by atoms with Gasteiger partial charge in [0.1, 0.15) is 5.76 Å². The third kappa shape index (κ3) is 3.10. The van der Waals surface area contributed by atoms with Gasteiger partial charge in [-0.1, -0.05) is 27.2 Å². The Balaban J connectivity index is 1.55. The second-order valence-electron chi connectivity index (χ2n) is 10.4. The van der Waals surface area contributed by atoms with Gasteiger partial charge in [0.15, 0.2) is 0 Å². The summed E-state index contributed by atoms with van der Waals surface area (Å²) in [5, 5.41) is 0. The number of hydrogen-bond acceptors (Lipinski definition) is 3. The van der Waals surface area contributed by atoms with Crippen molar-refractivity contribution in [2.24, 2.45) is 40.4 Å². The molecule has 7 heteroatoms. The maximum atomic E-state index is 12.7. The molecule has 0 N–H and O–H groups in total. The molecule has 0 aromatic heterocycles. The average Bonchev–Trinajstić information content (AvgIpc) is 2.89. The van der Waals surface area contributed by atoms with Crippen LogP contribution in [0.5, 0.6) is 0 Å².